The van der Waals surface area contributed by atoms with E-state index < -0.39 is 54.3 Å². The molecule has 0 fully saturated rings. The number of ether oxygens (including phenoxy) is 1. The van der Waals surface area contributed by atoms with Crippen molar-refractivity contribution in [3.8, 4) is 11.1 Å². The summed E-state index contributed by atoms with van der Waals surface area (Å²) in [6.07, 6.45) is -0.292. The predicted octanol–water partition coefficient (Wildman–Crippen LogP) is 2.20. The van der Waals surface area contributed by atoms with Crippen molar-refractivity contribution in [1.29, 1.82) is 0 Å². The number of alkyl carbamates (subject to hydrolysis) is 1. The minimum Gasteiger partial charge on any atom is -0.481 e. The van der Waals surface area contributed by atoms with E-state index in [1.807, 2.05) is 48.5 Å². The summed E-state index contributed by atoms with van der Waals surface area (Å²) in [6.45, 7) is 0.368. The van der Waals surface area contributed by atoms with Gasteiger partial charge in [0.1, 0.15) is 24.7 Å². The molecule has 3 aromatic carbocycles. The standard InChI is InChI=1S/C34H39N5O7/c35-17-9-8-16-27(31(36)42)37-32(43)28(18-21-10-2-1-3-11-21)38-33(44)29(19-30(40)41)39-34(45)46-20-26-24-14-6-4-12-22(24)23-13-5-7-15-25(23)26/h1-7,10-15,26-29H,8-9,16-20,35H2,(H2,36,42)(H,37,43)(H,38,44)(H,39,45)(H,40,41)/t27-,28-,29-/m0/s1. The second-order valence-electron chi connectivity index (χ2n) is 11.1. The van der Waals surface area contributed by atoms with E-state index in [2.05, 4.69) is 16.0 Å². The number of carbonyl (C=O) groups excluding carboxylic acids is 4. The molecule has 242 valence electrons. The van der Waals surface area contributed by atoms with Crippen molar-refractivity contribution >= 4 is 29.8 Å². The molecule has 1 aliphatic carbocycles. The first-order valence-electron chi connectivity index (χ1n) is 15.1. The highest BCUT2D eigenvalue weighted by Crippen LogP contribution is 2.44. The summed E-state index contributed by atoms with van der Waals surface area (Å²) in [5.74, 6) is -3.94. The van der Waals surface area contributed by atoms with Crippen LogP contribution in [-0.2, 0) is 30.3 Å². The monoisotopic (exact) mass is 629 g/mol. The molecular formula is C34H39N5O7. The lowest BCUT2D eigenvalue weighted by molar-refractivity contribution is -0.140. The highest BCUT2D eigenvalue weighted by Gasteiger charge is 2.32. The Labute approximate surface area is 266 Å². The van der Waals surface area contributed by atoms with Crippen LogP contribution < -0.4 is 27.4 Å². The van der Waals surface area contributed by atoms with Crippen LogP contribution in [0, 0.1) is 0 Å². The lowest BCUT2D eigenvalue weighted by atomic mass is 9.98. The Morgan fingerprint density at radius 1 is 0.739 bits per heavy atom. The fourth-order valence-electron chi connectivity index (χ4n) is 5.55. The number of carboxylic acid groups (broad SMARTS) is 1. The first-order valence-corrected chi connectivity index (χ1v) is 15.1. The number of benzene rings is 3. The van der Waals surface area contributed by atoms with Crippen LogP contribution in [0.5, 0.6) is 0 Å². The van der Waals surface area contributed by atoms with Crippen LogP contribution in [0.2, 0.25) is 0 Å². The zero-order valence-electron chi connectivity index (χ0n) is 25.3. The van der Waals surface area contributed by atoms with Gasteiger partial charge in [-0.15, -0.1) is 0 Å². The topological polar surface area (TPSA) is 203 Å². The average molecular weight is 630 g/mol. The van der Waals surface area contributed by atoms with Crippen molar-refractivity contribution in [2.75, 3.05) is 13.2 Å². The minimum absolute atomic E-state index is 0.0252. The van der Waals surface area contributed by atoms with Crippen molar-refractivity contribution in [3.05, 3.63) is 95.6 Å². The summed E-state index contributed by atoms with van der Waals surface area (Å²) >= 11 is 0. The first kappa shape index (κ1) is 33.7. The highest BCUT2D eigenvalue weighted by atomic mass is 16.5. The van der Waals surface area contributed by atoms with Gasteiger partial charge in [-0.2, -0.15) is 0 Å². The lowest BCUT2D eigenvalue weighted by Crippen LogP contribution is -2.57. The number of fused-ring (bicyclic) bond motifs is 3. The molecule has 3 aromatic rings. The number of hydrogen-bond acceptors (Lipinski definition) is 7. The van der Waals surface area contributed by atoms with E-state index in [-0.39, 0.29) is 25.4 Å². The molecule has 0 radical (unpaired) electrons. The van der Waals surface area contributed by atoms with Crippen LogP contribution in [0.15, 0.2) is 78.9 Å². The molecule has 0 saturated carbocycles. The Kier molecular flexibility index (Phi) is 11.8. The normalized spacial score (nSPS) is 13.8. The summed E-state index contributed by atoms with van der Waals surface area (Å²) in [5, 5.41) is 17.0. The molecule has 3 atom stereocenters. The number of nitrogens with one attached hydrogen (secondary N) is 3. The van der Waals surface area contributed by atoms with E-state index in [0.29, 0.717) is 24.9 Å². The van der Waals surface area contributed by atoms with Gasteiger partial charge in [0.2, 0.25) is 17.7 Å². The van der Waals surface area contributed by atoms with Gasteiger partial charge in [-0.3, -0.25) is 19.2 Å². The summed E-state index contributed by atoms with van der Waals surface area (Å²) in [5.41, 5.74) is 15.8. The molecule has 0 heterocycles. The van der Waals surface area contributed by atoms with E-state index >= 15 is 0 Å². The quantitative estimate of drug-likeness (QED) is 0.129. The molecule has 0 spiro atoms. The van der Waals surface area contributed by atoms with Gasteiger partial charge >= 0.3 is 12.1 Å². The molecule has 8 N–H and O–H groups in total. The van der Waals surface area contributed by atoms with Crippen LogP contribution in [0.25, 0.3) is 11.1 Å². The Bertz CT molecular complexity index is 1500. The Hall–Kier alpha value is -5.23. The largest absolute Gasteiger partial charge is 0.481 e. The van der Waals surface area contributed by atoms with E-state index in [4.69, 9.17) is 16.2 Å². The van der Waals surface area contributed by atoms with Gasteiger partial charge in [0, 0.05) is 12.3 Å². The third-order valence-corrected chi connectivity index (χ3v) is 7.85. The zero-order valence-corrected chi connectivity index (χ0v) is 25.3. The van der Waals surface area contributed by atoms with Gasteiger partial charge in [-0.05, 0) is 53.6 Å². The number of carboxylic acids is 1. The number of amides is 4. The number of carbonyl (C=O) groups is 5. The van der Waals surface area contributed by atoms with Gasteiger partial charge in [0.15, 0.2) is 0 Å². The summed E-state index contributed by atoms with van der Waals surface area (Å²) in [4.78, 5) is 63.4. The van der Waals surface area contributed by atoms with Gasteiger partial charge < -0.3 is 37.3 Å². The van der Waals surface area contributed by atoms with Crippen molar-refractivity contribution < 1.29 is 33.8 Å². The lowest BCUT2D eigenvalue weighted by Gasteiger charge is -2.24. The fourth-order valence-corrected chi connectivity index (χ4v) is 5.55. The van der Waals surface area contributed by atoms with Gasteiger partial charge in [-0.1, -0.05) is 78.9 Å². The molecule has 0 saturated heterocycles. The van der Waals surface area contributed by atoms with Crippen LogP contribution in [0.4, 0.5) is 4.79 Å². The third kappa shape index (κ3) is 8.91. The van der Waals surface area contributed by atoms with Crippen molar-refractivity contribution in [2.24, 2.45) is 11.5 Å². The Balaban J connectivity index is 1.45. The number of hydrogen-bond donors (Lipinski definition) is 6. The Morgan fingerprint density at radius 3 is 1.89 bits per heavy atom. The highest BCUT2D eigenvalue weighted by molar-refractivity contribution is 5.95. The summed E-state index contributed by atoms with van der Waals surface area (Å²) < 4.78 is 5.51. The molecule has 1 aliphatic rings. The second kappa shape index (κ2) is 16.2. The van der Waals surface area contributed by atoms with Gasteiger partial charge in [0.05, 0.1) is 6.42 Å². The van der Waals surface area contributed by atoms with E-state index in [1.54, 1.807) is 30.3 Å². The second-order valence-corrected chi connectivity index (χ2v) is 11.1. The number of unbranched alkanes of at least 4 members (excludes halogenated alkanes) is 1. The van der Waals surface area contributed by atoms with Crippen molar-refractivity contribution in [3.63, 3.8) is 0 Å². The molecule has 4 rings (SSSR count). The summed E-state index contributed by atoms with van der Waals surface area (Å²) in [6, 6.07) is 20.6. The number of aliphatic carboxylic acids is 1. The molecule has 12 nitrogen and oxygen atoms in total. The van der Waals surface area contributed by atoms with Gasteiger partial charge in [-0.25, -0.2) is 4.79 Å². The maximum Gasteiger partial charge on any atom is 0.407 e. The molecule has 0 bridgehead atoms. The molecule has 12 heteroatoms. The predicted molar refractivity (Wildman–Crippen MR) is 170 cm³/mol. The minimum atomic E-state index is -1.56. The SMILES string of the molecule is NCCCC[C@H](NC(=O)[C@H](Cc1ccccc1)NC(=O)[C@H](CC(=O)O)NC(=O)OCC1c2ccccc2-c2ccccc21)C(N)=O. The molecule has 0 aromatic heterocycles. The van der Waals surface area contributed by atoms with Crippen LogP contribution in [-0.4, -0.2) is 66.2 Å². The maximum absolute atomic E-state index is 13.4. The van der Waals surface area contributed by atoms with E-state index in [1.165, 1.54) is 0 Å². The van der Waals surface area contributed by atoms with Crippen LogP contribution in [0.3, 0.4) is 0 Å². The Morgan fingerprint density at radius 2 is 1.30 bits per heavy atom. The molecular weight excluding hydrogens is 590 g/mol. The van der Waals surface area contributed by atoms with Crippen LogP contribution >= 0.6 is 0 Å². The summed E-state index contributed by atoms with van der Waals surface area (Å²) in [7, 11) is 0. The number of rotatable bonds is 16. The van der Waals surface area contributed by atoms with Crippen molar-refractivity contribution in [2.45, 2.75) is 56.1 Å². The molecule has 0 unspecified atom stereocenters. The third-order valence-electron chi connectivity index (χ3n) is 7.85. The van der Waals surface area contributed by atoms with E-state index in [0.717, 1.165) is 22.3 Å². The van der Waals surface area contributed by atoms with Gasteiger partial charge in [0.25, 0.3) is 0 Å². The van der Waals surface area contributed by atoms with Crippen LogP contribution in [0.1, 0.15) is 48.3 Å². The smallest absolute Gasteiger partial charge is 0.407 e. The number of nitrogens with two attached hydrogens (primary N) is 2. The molecule has 4 amide bonds. The molecule has 46 heavy (non-hydrogen) atoms. The molecule has 0 aliphatic heterocycles. The number of primary amides is 1. The maximum atomic E-state index is 13.4. The first-order chi connectivity index (χ1) is 22.2. The zero-order chi connectivity index (χ0) is 33.1. The average Bonchev–Trinajstić information content (AvgIpc) is 3.36. The fraction of sp³-hybridized carbons (Fsp3) is 0.324. The van der Waals surface area contributed by atoms with E-state index in [9.17, 15) is 29.1 Å². The van der Waals surface area contributed by atoms with Crippen molar-refractivity contribution in [1.82, 2.24) is 16.0 Å².